The average molecular weight is 525 g/mol. The molecule has 12 heteroatoms. The van der Waals surface area contributed by atoms with E-state index >= 15 is 0 Å². The minimum atomic E-state index is -1.22. The third-order valence-electron chi connectivity index (χ3n) is 5.28. The largest absolute Gasteiger partial charge is 0.457 e. The molecule has 3 heterocycles. The van der Waals surface area contributed by atoms with E-state index in [1.807, 2.05) is 0 Å². The number of nitrogens with one attached hydrogen (secondary N) is 1. The van der Waals surface area contributed by atoms with Crippen molar-refractivity contribution in [2.45, 2.75) is 38.5 Å². The minimum absolute atomic E-state index is 0.0764. The van der Waals surface area contributed by atoms with Crippen LogP contribution < -0.4 is 10.1 Å². The molecule has 0 spiro atoms. The van der Waals surface area contributed by atoms with Crippen LogP contribution in [0.2, 0.25) is 30.7 Å². The number of rotatable bonds is 9. The van der Waals surface area contributed by atoms with Crippen LogP contribution in [0.25, 0.3) is 11.0 Å². The fourth-order valence-electron chi connectivity index (χ4n) is 3.41. The molecule has 0 saturated heterocycles. The molecule has 0 amide bonds. The Bertz CT molecular complexity index is 1230. The van der Waals surface area contributed by atoms with E-state index in [-0.39, 0.29) is 37.3 Å². The summed E-state index contributed by atoms with van der Waals surface area (Å²) in [7, 11) is -1.22. The van der Waals surface area contributed by atoms with Gasteiger partial charge in [0.05, 0.1) is 23.6 Å². The number of aromatic nitrogens is 2. The number of pyridine rings is 1. The van der Waals surface area contributed by atoms with Gasteiger partial charge in [0.2, 0.25) is 0 Å². The average Bonchev–Trinajstić information content (AvgIpc) is 3.37. The number of ether oxygens (including phenoxy) is 3. The van der Waals surface area contributed by atoms with Crippen LogP contribution in [-0.4, -0.2) is 54.6 Å². The summed E-state index contributed by atoms with van der Waals surface area (Å²) in [5, 5.41) is 12.5. The topological polar surface area (TPSA) is 90.1 Å². The number of benzene rings is 1. The first-order valence-electron chi connectivity index (χ1n) is 11.1. The molecule has 0 bridgehead atoms. The zero-order valence-corrected chi connectivity index (χ0v) is 21.4. The molecule has 0 saturated carbocycles. The Morgan fingerprint density at radius 3 is 2.69 bits per heavy atom. The van der Waals surface area contributed by atoms with Gasteiger partial charge in [0.25, 0.3) is 6.02 Å². The van der Waals surface area contributed by atoms with Crippen molar-refractivity contribution in [1.82, 2.24) is 9.55 Å². The molecule has 2 aromatic heterocycles. The molecule has 0 fully saturated rings. The van der Waals surface area contributed by atoms with E-state index in [2.05, 4.69) is 34.9 Å². The van der Waals surface area contributed by atoms with Crippen molar-refractivity contribution in [3.63, 3.8) is 0 Å². The van der Waals surface area contributed by atoms with E-state index in [9.17, 15) is 8.78 Å². The molecule has 1 aliphatic heterocycles. The number of hydrogen-bond donors (Lipinski definition) is 2. The van der Waals surface area contributed by atoms with Crippen LogP contribution >= 0.6 is 11.6 Å². The lowest BCUT2D eigenvalue weighted by atomic mass is 10.2. The maximum absolute atomic E-state index is 14.8. The van der Waals surface area contributed by atoms with Crippen LogP contribution in [0.1, 0.15) is 0 Å². The standard InChI is InChI=1S/C23H27ClF2N4O4Si/c1-35(2,3)7-6-32-13-30-11-16(24)20-19(4-5-27-22(20)30)34-21-17(25)8-14(9-18(21)26)29-23-28-10-15(12-31)33-23/h4-5,8-9,11,15,31H,6-7,10,12-13H2,1-3H3,(H,28,29). The zero-order chi connectivity index (χ0) is 25.2. The van der Waals surface area contributed by atoms with Gasteiger partial charge in [-0.25, -0.2) is 18.8 Å². The predicted molar refractivity (Wildman–Crippen MR) is 133 cm³/mol. The number of anilines is 1. The first-order valence-corrected chi connectivity index (χ1v) is 15.2. The van der Waals surface area contributed by atoms with Gasteiger partial charge < -0.3 is 29.2 Å². The highest BCUT2D eigenvalue weighted by Gasteiger charge is 2.22. The molecule has 0 aliphatic carbocycles. The predicted octanol–water partition coefficient (Wildman–Crippen LogP) is 5.23. The van der Waals surface area contributed by atoms with Gasteiger partial charge in [0.15, 0.2) is 17.4 Å². The van der Waals surface area contributed by atoms with Crippen molar-refractivity contribution in [3.8, 4) is 11.5 Å². The molecule has 1 aromatic carbocycles. The molecule has 8 nitrogen and oxygen atoms in total. The van der Waals surface area contributed by atoms with Gasteiger partial charge in [0, 0.05) is 44.9 Å². The van der Waals surface area contributed by atoms with Crippen LogP contribution in [0.4, 0.5) is 14.5 Å². The van der Waals surface area contributed by atoms with Crippen molar-refractivity contribution < 1.29 is 28.1 Å². The normalized spacial score (nSPS) is 15.9. The second kappa shape index (κ2) is 10.5. The zero-order valence-electron chi connectivity index (χ0n) is 19.6. The number of fused-ring (bicyclic) bond motifs is 1. The van der Waals surface area contributed by atoms with Crippen molar-refractivity contribution in [1.29, 1.82) is 0 Å². The van der Waals surface area contributed by atoms with Gasteiger partial charge in [0.1, 0.15) is 24.2 Å². The Labute approximate surface area is 207 Å². The summed E-state index contributed by atoms with van der Waals surface area (Å²) in [4.78, 5) is 8.38. The van der Waals surface area contributed by atoms with Gasteiger partial charge in [-0.15, -0.1) is 0 Å². The Hall–Kier alpha value is -2.73. The lowest BCUT2D eigenvalue weighted by Crippen LogP contribution is -2.22. The van der Waals surface area contributed by atoms with Gasteiger partial charge >= 0.3 is 0 Å². The summed E-state index contributed by atoms with van der Waals surface area (Å²) in [6.45, 7) is 7.73. The molecule has 4 rings (SSSR count). The number of halogens is 3. The summed E-state index contributed by atoms with van der Waals surface area (Å²) >= 11 is 6.43. The van der Waals surface area contributed by atoms with E-state index < -0.39 is 31.6 Å². The molecule has 35 heavy (non-hydrogen) atoms. The smallest absolute Gasteiger partial charge is 0.289 e. The summed E-state index contributed by atoms with van der Waals surface area (Å²) in [5.74, 6) is -2.28. The Morgan fingerprint density at radius 1 is 1.29 bits per heavy atom. The SMILES string of the molecule is C[Si](C)(C)CCOCn1cc(Cl)c2c(Oc3c(F)cc(NC4=NCC(CO)O4)cc3F)ccnc21. The number of nitrogens with zero attached hydrogens (tertiary/aromatic N) is 3. The van der Waals surface area contributed by atoms with Crippen LogP contribution in [0.15, 0.2) is 35.6 Å². The van der Waals surface area contributed by atoms with Gasteiger partial charge in [-0.3, -0.25) is 0 Å². The van der Waals surface area contributed by atoms with Crippen LogP contribution in [0, 0.1) is 11.6 Å². The molecule has 188 valence electrons. The number of aliphatic hydroxyl groups is 1. The van der Waals surface area contributed by atoms with Gasteiger partial charge in [-0.05, 0) is 12.1 Å². The van der Waals surface area contributed by atoms with Crippen molar-refractivity contribution >= 4 is 42.4 Å². The summed E-state index contributed by atoms with van der Waals surface area (Å²) < 4.78 is 48.1. The van der Waals surface area contributed by atoms with Crippen LogP contribution in [-0.2, 0) is 16.2 Å². The Kier molecular flexibility index (Phi) is 7.60. The maximum atomic E-state index is 14.8. The highest BCUT2D eigenvalue weighted by Crippen LogP contribution is 2.37. The first-order chi connectivity index (χ1) is 16.6. The first kappa shape index (κ1) is 25.4. The van der Waals surface area contributed by atoms with Gasteiger partial charge in [-0.1, -0.05) is 31.2 Å². The number of aliphatic hydroxyl groups excluding tert-OH is 1. The van der Waals surface area contributed by atoms with E-state index in [1.54, 1.807) is 10.8 Å². The highest BCUT2D eigenvalue weighted by molar-refractivity contribution is 6.76. The lowest BCUT2D eigenvalue weighted by Gasteiger charge is -2.15. The van der Waals surface area contributed by atoms with Crippen molar-refractivity contribution in [3.05, 3.63) is 47.2 Å². The summed E-state index contributed by atoms with van der Waals surface area (Å²) in [5.41, 5.74) is 0.568. The number of hydrogen-bond acceptors (Lipinski definition) is 7. The van der Waals surface area contributed by atoms with Gasteiger partial charge in [-0.2, -0.15) is 0 Å². The third-order valence-corrected chi connectivity index (χ3v) is 7.27. The molecular weight excluding hydrogens is 498 g/mol. The molecule has 1 aliphatic rings. The summed E-state index contributed by atoms with van der Waals surface area (Å²) in [6.07, 6.45) is 2.65. The van der Waals surface area contributed by atoms with Crippen LogP contribution in [0.5, 0.6) is 11.5 Å². The minimum Gasteiger partial charge on any atom is -0.457 e. The lowest BCUT2D eigenvalue weighted by molar-refractivity contribution is 0.0899. The second-order valence-electron chi connectivity index (χ2n) is 9.37. The Morgan fingerprint density at radius 2 is 2.03 bits per heavy atom. The van der Waals surface area contributed by atoms with Crippen molar-refractivity contribution in [2.24, 2.45) is 4.99 Å². The fourth-order valence-corrected chi connectivity index (χ4v) is 4.46. The monoisotopic (exact) mass is 524 g/mol. The highest BCUT2D eigenvalue weighted by atomic mass is 35.5. The molecule has 1 unspecified atom stereocenters. The molecule has 1 atom stereocenters. The molecule has 2 N–H and O–H groups in total. The fraction of sp³-hybridized carbons (Fsp3) is 0.391. The van der Waals surface area contributed by atoms with E-state index in [0.717, 1.165) is 18.2 Å². The molecular formula is C23H27ClF2N4O4Si. The quantitative estimate of drug-likeness (QED) is 0.294. The maximum Gasteiger partial charge on any atom is 0.289 e. The summed E-state index contributed by atoms with van der Waals surface area (Å²) in [6, 6.07) is 4.72. The van der Waals surface area contributed by atoms with E-state index in [4.69, 9.17) is 30.9 Å². The van der Waals surface area contributed by atoms with E-state index in [1.165, 1.54) is 12.3 Å². The molecule has 3 aromatic rings. The number of amidine groups is 1. The van der Waals surface area contributed by atoms with Crippen molar-refractivity contribution in [2.75, 3.05) is 25.1 Å². The van der Waals surface area contributed by atoms with E-state index in [0.29, 0.717) is 22.7 Å². The number of aliphatic imine (C=N–C) groups is 1. The Balaban J connectivity index is 1.52. The molecule has 0 radical (unpaired) electrons. The second-order valence-corrected chi connectivity index (χ2v) is 15.4. The van der Waals surface area contributed by atoms with Crippen LogP contribution in [0.3, 0.4) is 0 Å². The third kappa shape index (κ3) is 6.10.